The molecule has 0 heterocycles. The van der Waals surface area contributed by atoms with Gasteiger partial charge in [0.15, 0.2) is 11.6 Å². The molecule has 0 fully saturated rings. The van der Waals surface area contributed by atoms with Gasteiger partial charge in [-0.3, -0.25) is 0 Å². The molecule has 0 spiro atoms. The molecular formula is C14H21FO3. The number of benzene rings is 1. The van der Waals surface area contributed by atoms with Crippen molar-refractivity contribution in [2.75, 3.05) is 14.2 Å². The molecule has 1 N–H and O–H groups in total. The predicted octanol–water partition coefficient (Wildman–Crippen LogP) is 2.93. The highest BCUT2D eigenvalue weighted by Gasteiger charge is 2.32. The summed E-state index contributed by atoms with van der Waals surface area (Å²) in [6, 6.07) is 4.43. The summed E-state index contributed by atoms with van der Waals surface area (Å²) in [7, 11) is 2.95. The molecule has 0 aliphatic carbocycles. The number of aliphatic hydroxyl groups excluding tert-OH is 1. The normalized spacial score (nSPS) is 15.3. The van der Waals surface area contributed by atoms with Gasteiger partial charge >= 0.3 is 0 Å². The quantitative estimate of drug-likeness (QED) is 0.900. The number of ether oxygens (including phenoxy) is 2. The molecule has 1 aromatic carbocycles. The van der Waals surface area contributed by atoms with E-state index in [1.54, 1.807) is 13.2 Å². The Kier molecular flexibility index (Phi) is 4.71. The highest BCUT2D eigenvalue weighted by Crippen LogP contribution is 2.33. The molecule has 2 unspecified atom stereocenters. The van der Waals surface area contributed by atoms with Crippen LogP contribution in [0, 0.1) is 11.2 Å². The Balaban J connectivity index is 3.02. The SMILES string of the molecule is COc1ccc(C(O)C(OC)C(C)(C)C)cc1F. The van der Waals surface area contributed by atoms with Gasteiger partial charge in [0.1, 0.15) is 6.10 Å². The van der Waals surface area contributed by atoms with Gasteiger partial charge in [-0.2, -0.15) is 0 Å². The minimum absolute atomic E-state index is 0.163. The summed E-state index contributed by atoms with van der Waals surface area (Å²) in [5, 5.41) is 10.3. The van der Waals surface area contributed by atoms with Crippen molar-refractivity contribution < 1.29 is 19.0 Å². The first-order chi connectivity index (χ1) is 8.31. The summed E-state index contributed by atoms with van der Waals surface area (Å²) < 4.78 is 23.8. The van der Waals surface area contributed by atoms with Crippen LogP contribution in [0.3, 0.4) is 0 Å². The second kappa shape index (κ2) is 5.67. The summed E-state index contributed by atoms with van der Waals surface area (Å²) >= 11 is 0. The number of hydrogen-bond acceptors (Lipinski definition) is 3. The van der Waals surface area contributed by atoms with E-state index in [1.165, 1.54) is 19.2 Å². The molecule has 18 heavy (non-hydrogen) atoms. The van der Waals surface area contributed by atoms with E-state index >= 15 is 0 Å². The molecule has 1 aromatic rings. The van der Waals surface area contributed by atoms with Crippen LogP contribution in [0.5, 0.6) is 5.75 Å². The van der Waals surface area contributed by atoms with E-state index < -0.39 is 18.0 Å². The molecule has 3 nitrogen and oxygen atoms in total. The van der Waals surface area contributed by atoms with Crippen LogP contribution in [0.15, 0.2) is 18.2 Å². The van der Waals surface area contributed by atoms with Crippen molar-refractivity contribution in [2.24, 2.45) is 5.41 Å². The Morgan fingerprint density at radius 2 is 1.83 bits per heavy atom. The molecule has 0 saturated carbocycles. The average Bonchev–Trinajstić information content (AvgIpc) is 2.27. The fraction of sp³-hybridized carbons (Fsp3) is 0.571. The van der Waals surface area contributed by atoms with Gasteiger partial charge in [0, 0.05) is 7.11 Å². The third-order valence-corrected chi connectivity index (χ3v) is 2.91. The highest BCUT2D eigenvalue weighted by atomic mass is 19.1. The molecular weight excluding hydrogens is 235 g/mol. The summed E-state index contributed by atoms with van der Waals surface area (Å²) in [5.41, 5.74) is 0.236. The van der Waals surface area contributed by atoms with Gasteiger partial charge in [-0.15, -0.1) is 0 Å². The molecule has 1 rings (SSSR count). The first-order valence-electron chi connectivity index (χ1n) is 5.85. The summed E-state index contributed by atoms with van der Waals surface area (Å²) in [5.74, 6) is -0.325. The fourth-order valence-electron chi connectivity index (χ4n) is 2.00. The minimum atomic E-state index is -0.879. The Bertz CT molecular complexity index is 399. The first kappa shape index (κ1) is 14.9. The number of halogens is 1. The third kappa shape index (κ3) is 3.21. The van der Waals surface area contributed by atoms with Crippen molar-refractivity contribution in [1.29, 1.82) is 0 Å². The zero-order chi connectivity index (χ0) is 13.9. The van der Waals surface area contributed by atoms with E-state index in [1.807, 2.05) is 20.8 Å². The maximum atomic E-state index is 13.6. The lowest BCUT2D eigenvalue weighted by Crippen LogP contribution is -2.34. The van der Waals surface area contributed by atoms with Gasteiger partial charge < -0.3 is 14.6 Å². The van der Waals surface area contributed by atoms with Crippen molar-refractivity contribution >= 4 is 0 Å². The van der Waals surface area contributed by atoms with Gasteiger partial charge in [0.2, 0.25) is 0 Å². The van der Waals surface area contributed by atoms with Crippen LogP contribution in [0.25, 0.3) is 0 Å². The van der Waals surface area contributed by atoms with Crippen LogP contribution in [0.4, 0.5) is 4.39 Å². The molecule has 0 saturated heterocycles. The first-order valence-corrected chi connectivity index (χ1v) is 5.85. The van der Waals surface area contributed by atoms with Crippen LogP contribution in [-0.2, 0) is 4.74 Å². The van der Waals surface area contributed by atoms with Gasteiger partial charge in [0.25, 0.3) is 0 Å². The number of aliphatic hydroxyl groups is 1. The molecule has 0 aliphatic rings. The molecule has 2 atom stereocenters. The Morgan fingerprint density at radius 1 is 1.22 bits per heavy atom. The monoisotopic (exact) mass is 256 g/mol. The standard InChI is InChI=1S/C14H21FO3/c1-14(2,3)13(18-5)12(16)9-6-7-11(17-4)10(15)8-9/h6-8,12-13,16H,1-5H3. The molecule has 0 aliphatic heterocycles. The largest absolute Gasteiger partial charge is 0.494 e. The average molecular weight is 256 g/mol. The van der Waals surface area contributed by atoms with Gasteiger partial charge in [-0.25, -0.2) is 4.39 Å². The van der Waals surface area contributed by atoms with E-state index in [9.17, 15) is 9.50 Å². The lowest BCUT2D eigenvalue weighted by molar-refractivity contribution is -0.0725. The summed E-state index contributed by atoms with van der Waals surface area (Å²) in [6.07, 6.45) is -1.29. The van der Waals surface area contributed by atoms with Gasteiger partial charge in [-0.05, 0) is 23.1 Å². The highest BCUT2D eigenvalue weighted by molar-refractivity contribution is 5.31. The van der Waals surface area contributed by atoms with Crippen molar-refractivity contribution in [2.45, 2.75) is 33.0 Å². The van der Waals surface area contributed by atoms with Gasteiger partial charge in [0.05, 0.1) is 13.2 Å². The van der Waals surface area contributed by atoms with Crippen LogP contribution in [-0.4, -0.2) is 25.4 Å². The maximum absolute atomic E-state index is 13.6. The van der Waals surface area contributed by atoms with E-state index in [0.29, 0.717) is 5.56 Å². The lowest BCUT2D eigenvalue weighted by atomic mass is 9.83. The Labute approximate surface area is 108 Å². The maximum Gasteiger partial charge on any atom is 0.165 e. The Hall–Kier alpha value is -1.13. The van der Waals surface area contributed by atoms with Crippen LogP contribution < -0.4 is 4.74 Å². The fourth-order valence-corrected chi connectivity index (χ4v) is 2.00. The molecule has 0 bridgehead atoms. The van der Waals surface area contributed by atoms with E-state index in [4.69, 9.17) is 9.47 Å². The number of hydrogen-bond donors (Lipinski definition) is 1. The second-order valence-corrected chi connectivity index (χ2v) is 5.36. The topological polar surface area (TPSA) is 38.7 Å². The molecule has 102 valence electrons. The molecule has 4 heteroatoms. The van der Waals surface area contributed by atoms with E-state index in [2.05, 4.69) is 0 Å². The zero-order valence-electron chi connectivity index (χ0n) is 11.5. The summed E-state index contributed by atoms with van der Waals surface area (Å²) in [4.78, 5) is 0. The van der Waals surface area contributed by atoms with Crippen LogP contribution >= 0.6 is 0 Å². The van der Waals surface area contributed by atoms with Crippen molar-refractivity contribution in [3.8, 4) is 5.75 Å². The van der Waals surface area contributed by atoms with Crippen LogP contribution in [0.1, 0.15) is 32.4 Å². The summed E-state index contributed by atoms with van der Waals surface area (Å²) in [6.45, 7) is 5.89. The second-order valence-electron chi connectivity index (χ2n) is 5.36. The lowest BCUT2D eigenvalue weighted by Gasteiger charge is -2.33. The van der Waals surface area contributed by atoms with Crippen molar-refractivity contribution in [1.82, 2.24) is 0 Å². The third-order valence-electron chi connectivity index (χ3n) is 2.91. The predicted molar refractivity (Wildman–Crippen MR) is 68.2 cm³/mol. The number of methoxy groups -OCH3 is 2. The van der Waals surface area contributed by atoms with Crippen molar-refractivity contribution in [3.63, 3.8) is 0 Å². The van der Waals surface area contributed by atoms with Gasteiger partial charge in [-0.1, -0.05) is 26.8 Å². The molecule has 0 aromatic heterocycles. The van der Waals surface area contributed by atoms with Crippen molar-refractivity contribution in [3.05, 3.63) is 29.6 Å². The van der Waals surface area contributed by atoms with E-state index in [0.717, 1.165) is 0 Å². The molecule has 0 radical (unpaired) electrons. The number of rotatable bonds is 4. The smallest absolute Gasteiger partial charge is 0.165 e. The zero-order valence-corrected chi connectivity index (χ0v) is 11.5. The van der Waals surface area contributed by atoms with E-state index in [-0.39, 0.29) is 11.2 Å². The minimum Gasteiger partial charge on any atom is -0.494 e. The van der Waals surface area contributed by atoms with Crippen LogP contribution in [0.2, 0.25) is 0 Å². The molecule has 0 amide bonds. The Morgan fingerprint density at radius 3 is 2.22 bits per heavy atom.